The summed E-state index contributed by atoms with van der Waals surface area (Å²) in [6.07, 6.45) is 0. The monoisotopic (exact) mass is 544 g/mol. The van der Waals surface area contributed by atoms with Gasteiger partial charge in [-0.15, -0.1) is 0 Å². The van der Waals surface area contributed by atoms with Gasteiger partial charge in [-0.05, 0) is 42.0 Å². The molecule has 2 N–H and O–H groups in total. The minimum atomic E-state index is -0.212. The van der Waals surface area contributed by atoms with Gasteiger partial charge in [-0.25, -0.2) is 4.39 Å². The number of ether oxygens (including phenoxy) is 1. The highest BCUT2D eigenvalue weighted by Crippen LogP contribution is 2.23. The van der Waals surface area contributed by atoms with E-state index >= 15 is 0 Å². The van der Waals surface area contributed by atoms with Crippen LogP contribution < -0.4 is 15.4 Å². The van der Waals surface area contributed by atoms with Crippen LogP contribution in [0.1, 0.15) is 11.1 Å². The number of halogens is 3. The van der Waals surface area contributed by atoms with Crippen molar-refractivity contribution in [2.75, 3.05) is 31.7 Å². The lowest BCUT2D eigenvalue weighted by Crippen LogP contribution is -2.18. The summed E-state index contributed by atoms with van der Waals surface area (Å²) >= 11 is 12.8. The zero-order valence-electron chi connectivity index (χ0n) is 17.0. The van der Waals surface area contributed by atoms with Crippen LogP contribution in [0.4, 0.5) is 4.39 Å². The zero-order chi connectivity index (χ0) is 22.1. The van der Waals surface area contributed by atoms with Crippen molar-refractivity contribution in [1.82, 2.24) is 10.6 Å². The second kappa shape index (κ2) is 12.6. The number of hydrogen-bond donors (Lipinski definition) is 2. The fourth-order valence-corrected chi connectivity index (χ4v) is 4.84. The standard InChI is InChI=1S/C11H13ClN2OS.C10H10BrFN2S/c1-15-10-3-2-9(12)6-8(10)7-14-11-13-4-5-16-11;11-9-2-1-8(12)5-7(9)6-14-10-13-3-4-15-10/h2-3,6H,4-5,7H2,1H3,(H,13,14);1-2,5H,3-4,6H2,(H,13,14). The average Bonchev–Trinajstić information content (AvgIpc) is 3.48. The molecule has 0 aromatic heterocycles. The topological polar surface area (TPSA) is 58.0 Å². The molecule has 0 spiro atoms. The Balaban J connectivity index is 0.000000176. The molecular weight excluding hydrogens is 523 g/mol. The molecule has 10 heteroatoms. The molecule has 2 heterocycles. The summed E-state index contributed by atoms with van der Waals surface area (Å²) in [5, 5.41) is 9.13. The van der Waals surface area contributed by atoms with Crippen LogP contribution in [-0.2, 0) is 13.1 Å². The molecule has 0 unspecified atom stereocenters. The third-order valence-electron chi connectivity index (χ3n) is 4.28. The van der Waals surface area contributed by atoms with Crippen LogP contribution >= 0.6 is 51.1 Å². The van der Waals surface area contributed by atoms with E-state index in [-0.39, 0.29) is 5.82 Å². The summed E-state index contributed by atoms with van der Waals surface area (Å²) in [6, 6.07) is 10.3. The Labute approximate surface area is 203 Å². The van der Waals surface area contributed by atoms with Crippen molar-refractivity contribution in [1.29, 1.82) is 0 Å². The Kier molecular flexibility index (Phi) is 9.83. The van der Waals surface area contributed by atoms with Crippen molar-refractivity contribution in [2.45, 2.75) is 13.1 Å². The fraction of sp³-hybridized carbons (Fsp3) is 0.333. The lowest BCUT2D eigenvalue weighted by Gasteiger charge is -2.10. The summed E-state index contributed by atoms with van der Waals surface area (Å²) < 4.78 is 19.2. The van der Waals surface area contributed by atoms with Crippen LogP contribution in [0.5, 0.6) is 5.75 Å². The number of hydrogen-bond acceptors (Lipinski definition) is 7. The summed E-state index contributed by atoms with van der Waals surface area (Å²) in [7, 11) is 1.66. The van der Waals surface area contributed by atoms with E-state index in [9.17, 15) is 4.39 Å². The van der Waals surface area contributed by atoms with Crippen LogP contribution in [-0.4, -0.2) is 42.0 Å². The molecule has 2 aromatic carbocycles. The summed E-state index contributed by atoms with van der Waals surface area (Å²) in [4.78, 5) is 8.59. The summed E-state index contributed by atoms with van der Waals surface area (Å²) in [5.74, 6) is 2.73. The van der Waals surface area contributed by atoms with Gasteiger partial charge in [-0.2, -0.15) is 0 Å². The van der Waals surface area contributed by atoms with Gasteiger partial charge in [0.15, 0.2) is 10.3 Å². The van der Waals surface area contributed by atoms with Gasteiger partial charge in [0.1, 0.15) is 11.6 Å². The van der Waals surface area contributed by atoms with E-state index < -0.39 is 0 Å². The minimum absolute atomic E-state index is 0.212. The average molecular weight is 546 g/mol. The van der Waals surface area contributed by atoms with Crippen molar-refractivity contribution < 1.29 is 9.13 Å². The lowest BCUT2D eigenvalue weighted by atomic mass is 10.2. The highest BCUT2D eigenvalue weighted by Gasteiger charge is 2.09. The number of amidine groups is 2. The predicted octanol–water partition coefficient (Wildman–Crippen LogP) is 5.32. The number of thioether (sulfide) groups is 2. The molecule has 2 aliphatic heterocycles. The number of benzene rings is 2. The van der Waals surface area contributed by atoms with Crippen LogP contribution in [0.3, 0.4) is 0 Å². The highest BCUT2D eigenvalue weighted by atomic mass is 79.9. The first kappa shape index (κ1) is 24.2. The molecule has 0 saturated heterocycles. The Hall–Kier alpha value is -1.42. The van der Waals surface area contributed by atoms with Crippen molar-refractivity contribution in [3.8, 4) is 5.75 Å². The number of nitrogens with zero attached hydrogens (tertiary/aromatic N) is 2. The quantitative estimate of drug-likeness (QED) is 0.532. The van der Waals surface area contributed by atoms with Gasteiger partial charge in [0.2, 0.25) is 0 Å². The van der Waals surface area contributed by atoms with Gasteiger partial charge in [-0.3, -0.25) is 9.98 Å². The first-order valence-electron chi connectivity index (χ1n) is 9.63. The van der Waals surface area contributed by atoms with E-state index in [1.165, 1.54) is 12.1 Å². The molecule has 0 atom stereocenters. The Morgan fingerprint density at radius 1 is 1.00 bits per heavy atom. The molecule has 0 radical (unpaired) electrons. The summed E-state index contributed by atoms with van der Waals surface area (Å²) in [5.41, 5.74) is 1.95. The predicted molar refractivity (Wildman–Crippen MR) is 135 cm³/mol. The third kappa shape index (κ3) is 7.89. The smallest absolute Gasteiger partial charge is 0.156 e. The first-order valence-corrected chi connectivity index (χ1v) is 12.8. The molecule has 4 rings (SSSR count). The van der Waals surface area contributed by atoms with E-state index in [1.807, 2.05) is 18.2 Å². The molecule has 0 aliphatic carbocycles. The molecule has 2 aliphatic rings. The summed E-state index contributed by atoms with van der Waals surface area (Å²) in [6.45, 7) is 3.07. The van der Waals surface area contributed by atoms with E-state index in [0.717, 1.165) is 61.3 Å². The van der Waals surface area contributed by atoms with Crippen LogP contribution in [0.15, 0.2) is 50.9 Å². The second-order valence-electron chi connectivity index (χ2n) is 6.47. The van der Waals surface area contributed by atoms with Crippen molar-refractivity contribution in [3.63, 3.8) is 0 Å². The van der Waals surface area contributed by atoms with Gasteiger partial charge in [0.05, 0.1) is 20.2 Å². The van der Waals surface area contributed by atoms with E-state index in [4.69, 9.17) is 16.3 Å². The molecule has 0 fully saturated rings. The molecule has 0 bridgehead atoms. The third-order valence-corrected chi connectivity index (χ3v) is 7.16. The molecule has 5 nitrogen and oxygen atoms in total. The fourth-order valence-electron chi connectivity index (χ4n) is 2.79. The number of nitrogens with one attached hydrogen (secondary N) is 2. The van der Waals surface area contributed by atoms with Gasteiger partial charge in [0.25, 0.3) is 0 Å². The van der Waals surface area contributed by atoms with Crippen LogP contribution in [0.2, 0.25) is 5.02 Å². The SMILES string of the molecule is COc1ccc(Cl)cc1CNC1=NCCS1.Fc1ccc(Br)c(CNC2=NCCS2)c1. The maximum Gasteiger partial charge on any atom is 0.156 e. The van der Waals surface area contributed by atoms with E-state index in [1.54, 1.807) is 36.7 Å². The van der Waals surface area contributed by atoms with Gasteiger partial charge < -0.3 is 15.4 Å². The minimum Gasteiger partial charge on any atom is -0.496 e. The molecule has 0 amide bonds. The Bertz CT molecular complexity index is 961. The van der Waals surface area contributed by atoms with Crippen molar-refractivity contribution in [3.05, 3.63) is 62.8 Å². The van der Waals surface area contributed by atoms with E-state index in [2.05, 4.69) is 36.5 Å². The highest BCUT2D eigenvalue weighted by molar-refractivity contribution is 9.10. The number of aliphatic imine (C=N–C) groups is 2. The Morgan fingerprint density at radius 2 is 1.65 bits per heavy atom. The maximum absolute atomic E-state index is 13.0. The number of methoxy groups -OCH3 is 1. The van der Waals surface area contributed by atoms with E-state index in [0.29, 0.717) is 13.1 Å². The van der Waals surface area contributed by atoms with Crippen molar-refractivity contribution >= 4 is 61.4 Å². The van der Waals surface area contributed by atoms with Gasteiger partial charge in [-0.1, -0.05) is 51.1 Å². The van der Waals surface area contributed by atoms with Gasteiger partial charge in [0, 0.05) is 39.7 Å². The molecular formula is C21H23BrClFN4OS2. The van der Waals surface area contributed by atoms with Gasteiger partial charge >= 0.3 is 0 Å². The Morgan fingerprint density at radius 3 is 2.23 bits per heavy atom. The normalized spacial score (nSPS) is 15.0. The maximum atomic E-state index is 13.0. The van der Waals surface area contributed by atoms with Crippen molar-refractivity contribution in [2.24, 2.45) is 9.98 Å². The molecule has 0 saturated carbocycles. The molecule has 31 heavy (non-hydrogen) atoms. The lowest BCUT2D eigenvalue weighted by molar-refractivity contribution is 0.409. The largest absolute Gasteiger partial charge is 0.496 e. The second-order valence-corrected chi connectivity index (χ2v) is 9.93. The molecule has 2 aromatic rings. The first-order chi connectivity index (χ1) is 15.0. The number of rotatable bonds is 5. The molecule has 166 valence electrons. The van der Waals surface area contributed by atoms with Crippen LogP contribution in [0.25, 0.3) is 0 Å². The zero-order valence-corrected chi connectivity index (χ0v) is 20.9. The van der Waals surface area contributed by atoms with Crippen LogP contribution in [0, 0.1) is 5.82 Å².